The topological polar surface area (TPSA) is 148 Å². The smallest absolute Gasteiger partial charge is 0.340 e. The lowest BCUT2D eigenvalue weighted by molar-refractivity contribution is -0.119. The van der Waals surface area contributed by atoms with Crippen molar-refractivity contribution in [1.82, 2.24) is 4.31 Å². The number of anilines is 2. The van der Waals surface area contributed by atoms with E-state index in [9.17, 15) is 26.4 Å². The molecule has 0 radical (unpaired) electrons. The lowest BCUT2D eigenvalue weighted by Crippen LogP contribution is -2.40. The molecule has 1 amide bonds. The number of benzene rings is 2. The van der Waals surface area contributed by atoms with Gasteiger partial charge in [0.15, 0.2) is 6.61 Å². The highest BCUT2D eigenvalue weighted by atomic mass is 32.2. The molecule has 13 heteroatoms. The largest absolute Gasteiger partial charge is 0.452 e. The Kier molecular flexibility index (Phi) is 7.68. The number of carbonyl (C=O) groups is 2. The van der Waals surface area contributed by atoms with Crippen molar-refractivity contribution in [2.45, 2.75) is 4.90 Å². The molecule has 1 aliphatic heterocycles. The van der Waals surface area contributed by atoms with E-state index in [0.29, 0.717) is 13.2 Å². The number of hydrogen-bond donors (Lipinski definition) is 2. The van der Waals surface area contributed by atoms with E-state index in [1.54, 1.807) is 0 Å². The summed E-state index contributed by atoms with van der Waals surface area (Å²) >= 11 is 0. The summed E-state index contributed by atoms with van der Waals surface area (Å²) < 4.78 is 62.1. The van der Waals surface area contributed by atoms with Gasteiger partial charge < -0.3 is 14.8 Å². The number of nitrogens with one attached hydrogen (secondary N) is 2. The van der Waals surface area contributed by atoms with Gasteiger partial charge in [0, 0.05) is 18.8 Å². The molecule has 2 aromatic rings. The molecule has 178 valence electrons. The molecule has 0 aliphatic carbocycles. The zero-order valence-electron chi connectivity index (χ0n) is 17.7. The summed E-state index contributed by atoms with van der Waals surface area (Å²) in [4.78, 5) is 24.6. The normalized spacial score (nSPS) is 14.9. The summed E-state index contributed by atoms with van der Waals surface area (Å²) in [6.07, 6.45) is 0.940. The van der Waals surface area contributed by atoms with Gasteiger partial charge >= 0.3 is 5.97 Å². The minimum Gasteiger partial charge on any atom is -0.452 e. The van der Waals surface area contributed by atoms with Crippen molar-refractivity contribution in [1.29, 1.82) is 0 Å². The Morgan fingerprint density at radius 2 is 1.73 bits per heavy atom. The highest BCUT2D eigenvalue weighted by Gasteiger charge is 2.26. The second-order valence-corrected chi connectivity index (χ2v) is 10.8. The van der Waals surface area contributed by atoms with Crippen molar-refractivity contribution < 1.29 is 35.9 Å². The van der Waals surface area contributed by atoms with E-state index in [-0.39, 0.29) is 34.9 Å². The van der Waals surface area contributed by atoms with Crippen molar-refractivity contribution in [2.24, 2.45) is 0 Å². The number of amides is 1. The predicted octanol–water partition coefficient (Wildman–Crippen LogP) is 0.875. The molecule has 1 aliphatic rings. The summed E-state index contributed by atoms with van der Waals surface area (Å²) in [5.74, 6) is -1.60. The van der Waals surface area contributed by atoms with Gasteiger partial charge in [0.1, 0.15) is 0 Å². The molecule has 1 fully saturated rings. The maximum Gasteiger partial charge on any atom is 0.340 e. The minimum absolute atomic E-state index is 0.0139. The fraction of sp³-hybridized carbons (Fsp3) is 0.300. The standard InChI is InChI=1S/C20H23N3O8S2/c1-32(26,27)22-18-8-3-2-7-17(18)20(25)31-14-19(24)21-15-5-4-6-16(13-15)33(28,29)23-9-11-30-12-10-23/h2-8,13,22H,9-12,14H2,1H3,(H,21,24). The highest BCUT2D eigenvalue weighted by Crippen LogP contribution is 2.21. The Labute approximate surface area is 191 Å². The maximum atomic E-state index is 12.8. The quantitative estimate of drug-likeness (QED) is 0.511. The Morgan fingerprint density at radius 1 is 1.03 bits per heavy atom. The summed E-state index contributed by atoms with van der Waals surface area (Å²) in [6, 6.07) is 11.5. The zero-order chi connectivity index (χ0) is 24.1. The molecule has 0 aromatic heterocycles. The van der Waals surface area contributed by atoms with Crippen LogP contribution < -0.4 is 10.0 Å². The van der Waals surface area contributed by atoms with Crippen LogP contribution in [0.4, 0.5) is 11.4 Å². The third-order valence-electron chi connectivity index (χ3n) is 4.50. The Morgan fingerprint density at radius 3 is 2.42 bits per heavy atom. The average Bonchev–Trinajstić information content (AvgIpc) is 2.77. The van der Waals surface area contributed by atoms with E-state index in [4.69, 9.17) is 9.47 Å². The van der Waals surface area contributed by atoms with Crippen LogP contribution in [-0.2, 0) is 34.3 Å². The fourth-order valence-corrected chi connectivity index (χ4v) is 5.06. The molecule has 0 saturated carbocycles. The van der Waals surface area contributed by atoms with Gasteiger partial charge in [-0.2, -0.15) is 4.31 Å². The van der Waals surface area contributed by atoms with Crippen LogP contribution in [0.3, 0.4) is 0 Å². The first-order chi connectivity index (χ1) is 15.6. The van der Waals surface area contributed by atoms with Gasteiger partial charge in [-0.3, -0.25) is 9.52 Å². The lowest BCUT2D eigenvalue weighted by atomic mass is 10.2. The maximum absolute atomic E-state index is 12.8. The van der Waals surface area contributed by atoms with Crippen LogP contribution in [0, 0.1) is 0 Å². The number of ether oxygens (including phenoxy) is 2. The summed E-state index contributed by atoms with van der Waals surface area (Å²) in [5, 5.41) is 2.48. The molecular weight excluding hydrogens is 474 g/mol. The van der Waals surface area contributed by atoms with Gasteiger partial charge in [-0.25, -0.2) is 21.6 Å². The van der Waals surface area contributed by atoms with Gasteiger partial charge in [-0.1, -0.05) is 18.2 Å². The first kappa shape index (κ1) is 24.6. The number of sulfonamides is 2. The number of carbonyl (C=O) groups excluding carboxylic acids is 2. The first-order valence-electron chi connectivity index (χ1n) is 9.78. The van der Waals surface area contributed by atoms with Crippen LogP contribution in [0.5, 0.6) is 0 Å². The molecule has 1 heterocycles. The second kappa shape index (κ2) is 10.3. The monoisotopic (exact) mass is 497 g/mol. The van der Waals surface area contributed by atoms with Crippen LogP contribution in [0.25, 0.3) is 0 Å². The number of nitrogens with zero attached hydrogens (tertiary/aromatic N) is 1. The van der Waals surface area contributed by atoms with Crippen LogP contribution in [0.2, 0.25) is 0 Å². The molecule has 0 spiro atoms. The molecule has 33 heavy (non-hydrogen) atoms. The van der Waals surface area contributed by atoms with Gasteiger partial charge in [0.25, 0.3) is 5.91 Å². The Balaban J connectivity index is 1.63. The molecule has 0 bridgehead atoms. The average molecular weight is 498 g/mol. The molecule has 0 atom stereocenters. The van der Waals surface area contributed by atoms with Crippen molar-refractivity contribution >= 4 is 43.3 Å². The van der Waals surface area contributed by atoms with E-state index in [1.807, 2.05) is 0 Å². The second-order valence-electron chi connectivity index (χ2n) is 7.09. The SMILES string of the molecule is CS(=O)(=O)Nc1ccccc1C(=O)OCC(=O)Nc1cccc(S(=O)(=O)N2CCOCC2)c1. The predicted molar refractivity (Wildman–Crippen MR) is 120 cm³/mol. The van der Waals surface area contributed by atoms with Crippen molar-refractivity contribution in [3.63, 3.8) is 0 Å². The Bertz CT molecular complexity index is 1240. The van der Waals surface area contributed by atoms with Crippen LogP contribution in [0.15, 0.2) is 53.4 Å². The van der Waals surface area contributed by atoms with Gasteiger partial charge in [-0.05, 0) is 30.3 Å². The van der Waals surface area contributed by atoms with Gasteiger partial charge in [0.05, 0.1) is 35.6 Å². The van der Waals surface area contributed by atoms with Crippen molar-refractivity contribution in [3.05, 3.63) is 54.1 Å². The van der Waals surface area contributed by atoms with Crippen molar-refractivity contribution in [2.75, 3.05) is 49.2 Å². The summed E-state index contributed by atoms with van der Waals surface area (Å²) in [6.45, 7) is 0.440. The van der Waals surface area contributed by atoms with E-state index < -0.39 is 38.5 Å². The summed E-state index contributed by atoms with van der Waals surface area (Å²) in [5.41, 5.74) is 0.172. The minimum atomic E-state index is -3.74. The Hall–Kier alpha value is -3.00. The van der Waals surface area contributed by atoms with Crippen LogP contribution in [0.1, 0.15) is 10.4 Å². The molecule has 1 saturated heterocycles. The fourth-order valence-electron chi connectivity index (χ4n) is 3.03. The number of esters is 1. The summed E-state index contributed by atoms with van der Waals surface area (Å²) in [7, 11) is -7.37. The molecule has 11 nitrogen and oxygen atoms in total. The zero-order valence-corrected chi connectivity index (χ0v) is 19.3. The molecule has 2 N–H and O–H groups in total. The number of rotatable bonds is 8. The van der Waals surface area contributed by atoms with Crippen LogP contribution in [-0.4, -0.2) is 72.2 Å². The molecular formula is C20H23N3O8S2. The molecule has 2 aromatic carbocycles. The van der Waals surface area contributed by atoms with Crippen molar-refractivity contribution in [3.8, 4) is 0 Å². The molecule has 3 rings (SSSR count). The number of para-hydroxylation sites is 1. The first-order valence-corrected chi connectivity index (χ1v) is 13.1. The third-order valence-corrected chi connectivity index (χ3v) is 6.99. The van der Waals surface area contributed by atoms with E-state index in [1.165, 1.54) is 52.8 Å². The van der Waals surface area contributed by atoms with E-state index in [0.717, 1.165) is 6.26 Å². The number of morpholine rings is 1. The highest BCUT2D eigenvalue weighted by molar-refractivity contribution is 7.92. The van der Waals surface area contributed by atoms with Gasteiger partial charge in [0.2, 0.25) is 20.0 Å². The third kappa shape index (κ3) is 6.74. The van der Waals surface area contributed by atoms with E-state index >= 15 is 0 Å². The lowest BCUT2D eigenvalue weighted by Gasteiger charge is -2.26. The van der Waals surface area contributed by atoms with Crippen LogP contribution >= 0.6 is 0 Å². The van der Waals surface area contributed by atoms with Gasteiger partial charge in [-0.15, -0.1) is 0 Å². The molecule has 0 unspecified atom stereocenters. The van der Waals surface area contributed by atoms with E-state index in [2.05, 4.69) is 10.0 Å². The number of hydrogen-bond acceptors (Lipinski definition) is 8.